The van der Waals surface area contributed by atoms with Gasteiger partial charge in [-0.15, -0.1) is 0 Å². The third-order valence-corrected chi connectivity index (χ3v) is 3.13. The number of anilines is 1. The van der Waals surface area contributed by atoms with E-state index in [2.05, 4.69) is 25.5 Å². The molecule has 2 N–H and O–H groups in total. The molecule has 6 heteroatoms. The first-order valence-corrected chi connectivity index (χ1v) is 6.38. The Balaban J connectivity index is 1.69. The van der Waals surface area contributed by atoms with Crippen molar-refractivity contribution in [3.63, 3.8) is 0 Å². The molecule has 0 aliphatic heterocycles. The van der Waals surface area contributed by atoms with E-state index < -0.39 is 0 Å². The Morgan fingerprint density at radius 2 is 1.95 bits per heavy atom. The normalized spacial score (nSPS) is 10.9. The van der Waals surface area contributed by atoms with Gasteiger partial charge in [0.05, 0.1) is 5.69 Å². The minimum atomic E-state index is -0.216. The summed E-state index contributed by atoms with van der Waals surface area (Å²) in [4.78, 5) is 8.39. The number of halogens is 1. The molecule has 20 heavy (non-hydrogen) atoms. The first kappa shape index (κ1) is 12.5. The lowest BCUT2D eigenvalue weighted by Gasteiger charge is -2.05. The third kappa shape index (κ3) is 2.45. The van der Waals surface area contributed by atoms with Crippen molar-refractivity contribution >= 4 is 16.9 Å². The number of fused-ring (bicyclic) bond motifs is 1. The average Bonchev–Trinajstić information content (AvgIpc) is 2.84. The van der Waals surface area contributed by atoms with Gasteiger partial charge in [0.1, 0.15) is 17.7 Å². The SMILES string of the molecule is Cc1[nH]nc2c(NCCc3ccc(F)cc3)ncnc12. The zero-order chi connectivity index (χ0) is 13.9. The van der Waals surface area contributed by atoms with E-state index in [0.29, 0.717) is 12.4 Å². The van der Waals surface area contributed by atoms with Crippen LogP contribution in [0, 0.1) is 12.7 Å². The summed E-state index contributed by atoms with van der Waals surface area (Å²) in [6.45, 7) is 2.62. The molecule has 0 aliphatic carbocycles. The number of rotatable bonds is 4. The summed E-state index contributed by atoms with van der Waals surface area (Å²) in [5.74, 6) is 0.493. The number of benzene rings is 1. The molecule has 0 amide bonds. The zero-order valence-electron chi connectivity index (χ0n) is 11.0. The van der Waals surface area contributed by atoms with Crippen LogP contribution >= 0.6 is 0 Å². The molecule has 2 aromatic heterocycles. The maximum absolute atomic E-state index is 12.8. The van der Waals surface area contributed by atoms with E-state index in [0.717, 1.165) is 28.7 Å². The minimum Gasteiger partial charge on any atom is -0.368 e. The van der Waals surface area contributed by atoms with Crippen molar-refractivity contribution in [2.24, 2.45) is 0 Å². The van der Waals surface area contributed by atoms with Gasteiger partial charge in [-0.05, 0) is 31.0 Å². The fraction of sp³-hybridized carbons (Fsp3) is 0.214. The summed E-state index contributed by atoms with van der Waals surface area (Å²) < 4.78 is 12.8. The van der Waals surface area contributed by atoms with Gasteiger partial charge < -0.3 is 5.32 Å². The highest BCUT2D eigenvalue weighted by molar-refractivity contribution is 5.86. The number of H-pyrrole nitrogens is 1. The quantitative estimate of drug-likeness (QED) is 0.765. The summed E-state index contributed by atoms with van der Waals surface area (Å²) >= 11 is 0. The first-order chi connectivity index (χ1) is 9.74. The summed E-state index contributed by atoms with van der Waals surface area (Å²) in [5, 5.41) is 10.3. The Labute approximate surface area is 115 Å². The van der Waals surface area contributed by atoms with Crippen LogP contribution in [0.25, 0.3) is 11.0 Å². The van der Waals surface area contributed by atoms with Crippen molar-refractivity contribution in [1.29, 1.82) is 0 Å². The summed E-state index contributed by atoms with van der Waals surface area (Å²) in [7, 11) is 0. The summed E-state index contributed by atoms with van der Waals surface area (Å²) in [5.41, 5.74) is 3.56. The van der Waals surface area contributed by atoms with Gasteiger partial charge in [0.2, 0.25) is 0 Å². The maximum atomic E-state index is 12.8. The molecule has 3 aromatic rings. The van der Waals surface area contributed by atoms with Crippen molar-refractivity contribution in [2.75, 3.05) is 11.9 Å². The molecule has 2 heterocycles. The van der Waals surface area contributed by atoms with Crippen molar-refractivity contribution in [3.05, 3.63) is 47.7 Å². The van der Waals surface area contributed by atoms with Crippen LogP contribution in [0.4, 0.5) is 10.2 Å². The van der Waals surface area contributed by atoms with Crippen molar-refractivity contribution in [1.82, 2.24) is 20.2 Å². The molecule has 0 aliphatic rings. The van der Waals surface area contributed by atoms with E-state index >= 15 is 0 Å². The van der Waals surface area contributed by atoms with Gasteiger partial charge in [0.15, 0.2) is 11.3 Å². The number of aromatic nitrogens is 4. The number of hydrogen-bond donors (Lipinski definition) is 2. The average molecular weight is 271 g/mol. The zero-order valence-corrected chi connectivity index (χ0v) is 11.0. The van der Waals surface area contributed by atoms with Crippen molar-refractivity contribution in [3.8, 4) is 0 Å². The standard InChI is InChI=1S/C14H14FN5/c1-9-12-13(20-19-9)14(18-8-17-12)16-7-6-10-2-4-11(15)5-3-10/h2-5,8H,6-7H2,1H3,(H,19,20)(H,16,17,18). The summed E-state index contributed by atoms with van der Waals surface area (Å²) in [6.07, 6.45) is 2.31. The van der Waals surface area contributed by atoms with Gasteiger partial charge in [-0.3, -0.25) is 5.10 Å². The maximum Gasteiger partial charge on any atom is 0.157 e. The van der Waals surface area contributed by atoms with E-state index in [9.17, 15) is 4.39 Å². The lowest BCUT2D eigenvalue weighted by atomic mass is 10.1. The second-order valence-corrected chi connectivity index (χ2v) is 4.57. The Bertz CT molecular complexity index is 720. The number of aryl methyl sites for hydroxylation is 1. The van der Waals surface area contributed by atoms with E-state index in [1.165, 1.54) is 18.5 Å². The topological polar surface area (TPSA) is 66.5 Å². The van der Waals surface area contributed by atoms with Crippen LogP contribution < -0.4 is 5.32 Å². The molecule has 0 saturated heterocycles. The van der Waals surface area contributed by atoms with Crippen molar-refractivity contribution in [2.45, 2.75) is 13.3 Å². The van der Waals surface area contributed by atoms with E-state index in [1.54, 1.807) is 12.1 Å². The largest absolute Gasteiger partial charge is 0.368 e. The molecule has 5 nitrogen and oxygen atoms in total. The molecule has 1 aromatic carbocycles. The van der Waals surface area contributed by atoms with Crippen LogP contribution in [-0.2, 0) is 6.42 Å². The highest BCUT2D eigenvalue weighted by Crippen LogP contribution is 2.18. The fourth-order valence-electron chi connectivity index (χ4n) is 2.06. The third-order valence-electron chi connectivity index (χ3n) is 3.13. The van der Waals surface area contributed by atoms with Crippen LogP contribution in [-0.4, -0.2) is 26.7 Å². The minimum absolute atomic E-state index is 0.216. The van der Waals surface area contributed by atoms with E-state index in [4.69, 9.17) is 0 Å². The highest BCUT2D eigenvalue weighted by Gasteiger charge is 2.08. The van der Waals surface area contributed by atoms with Crippen LogP contribution in [0.1, 0.15) is 11.3 Å². The number of hydrogen-bond acceptors (Lipinski definition) is 4. The molecule has 0 spiro atoms. The molecule has 0 radical (unpaired) electrons. The molecular formula is C14H14FN5. The monoisotopic (exact) mass is 271 g/mol. The number of aromatic amines is 1. The van der Waals surface area contributed by atoms with Crippen LogP contribution in [0.15, 0.2) is 30.6 Å². The number of nitrogens with one attached hydrogen (secondary N) is 2. The summed E-state index contributed by atoms with van der Waals surface area (Å²) in [6, 6.07) is 6.50. The molecule has 0 saturated carbocycles. The Morgan fingerprint density at radius 1 is 1.15 bits per heavy atom. The van der Waals surface area contributed by atoms with Gasteiger partial charge in [0.25, 0.3) is 0 Å². The van der Waals surface area contributed by atoms with Gasteiger partial charge in [-0.2, -0.15) is 5.10 Å². The second-order valence-electron chi connectivity index (χ2n) is 4.57. The van der Waals surface area contributed by atoms with Crippen molar-refractivity contribution < 1.29 is 4.39 Å². The Morgan fingerprint density at radius 3 is 2.75 bits per heavy atom. The fourth-order valence-corrected chi connectivity index (χ4v) is 2.06. The molecule has 0 bridgehead atoms. The molecule has 3 rings (SSSR count). The van der Waals surface area contributed by atoms with Gasteiger partial charge >= 0.3 is 0 Å². The number of nitrogens with zero attached hydrogens (tertiary/aromatic N) is 3. The van der Waals surface area contributed by atoms with Crippen LogP contribution in [0.3, 0.4) is 0 Å². The Kier molecular flexibility index (Phi) is 3.28. The molecule has 102 valence electrons. The molecule has 0 unspecified atom stereocenters. The highest BCUT2D eigenvalue weighted by atomic mass is 19.1. The van der Waals surface area contributed by atoms with Gasteiger partial charge in [0, 0.05) is 6.54 Å². The molecule has 0 fully saturated rings. The lowest BCUT2D eigenvalue weighted by molar-refractivity contribution is 0.627. The second kappa shape index (κ2) is 5.24. The van der Waals surface area contributed by atoms with Gasteiger partial charge in [-0.1, -0.05) is 12.1 Å². The van der Waals surface area contributed by atoms with E-state index in [-0.39, 0.29) is 5.82 Å². The van der Waals surface area contributed by atoms with Gasteiger partial charge in [-0.25, -0.2) is 14.4 Å². The first-order valence-electron chi connectivity index (χ1n) is 6.38. The molecule has 0 atom stereocenters. The lowest BCUT2D eigenvalue weighted by Crippen LogP contribution is -2.07. The Hall–Kier alpha value is -2.50. The van der Waals surface area contributed by atoms with Crippen LogP contribution in [0.2, 0.25) is 0 Å². The smallest absolute Gasteiger partial charge is 0.157 e. The van der Waals surface area contributed by atoms with Crippen LogP contribution in [0.5, 0.6) is 0 Å². The predicted molar refractivity (Wildman–Crippen MR) is 75.0 cm³/mol. The molecular weight excluding hydrogens is 257 g/mol. The predicted octanol–water partition coefficient (Wildman–Crippen LogP) is 2.46. The van der Waals surface area contributed by atoms with E-state index in [1.807, 2.05) is 6.92 Å².